The highest BCUT2D eigenvalue weighted by Gasteiger charge is 2.25. The molecule has 1 atom stereocenters. The van der Waals surface area contributed by atoms with Gasteiger partial charge in [0.05, 0.1) is 6.54 Å². The summed E-state index contributed by atoms with van der Waals surface area (Å²) >= 11 is 1.18. The highest BCUT2D eigenvalue weighted by molar-refractivity contribution is 7.13. The Labute approximate surface area is 129 Å². The predicted molar refractivity (Wildman–Crippen MR) is 79.5 cm³/mol. The van der Waals surface area contributed by atoms with Crippen LogP contribution in [0.5, 0.6) is 0 Å². The molecule has 0 saturated heterocycles. The van der Waals surface area contributed by atoms with Crippen molar-refractivity contribution in [2.45, 2.75) is 6.04 Å². The molecule has 0 bridgehead atoms. The van der Waals surface area contributed by atoms with E-state index in [1.165, 1.54) is 39.9 Å². The molecule has 22 heavy (non-hydrogen) atoms. The molecular weight excluding hydrogens is 309 g/mol. The van der Waals surface area contributed by atoms with E-state index in [0.29, 0.717) is 10.7 Å². The molecule has 1 aromatic carbocycles. The summed E-state index contributed by atoms with van der Waals surface area (Å²) in [5.74, 6) is -1.52. The highest BCUT2D eigenvalue weighted by atomic mass is 32.1. The zero-order chi connectivity index (χ0) is 16.1. The van der Waals surface area contributed by atoms with Crippen molar-refractivity contribution in [2.24, 2.45) is 5.73 Å². The van der Waals surface area contributed by atoms with Crippen LogP contribution in [-0.2, 0) is 9.59 Å². The molecule has 0 unspecified atom stereocenters. The topological polar surface area (TPSA) is 101 Å². The molecule has 7 nitrogen and oxygen atoms in total. The lowest BCUT2D eigenvalue weighted by Crippen LogP contribution is -2.39. The Morgan fingerprint density at radius 1 is 1.50 bits per heavy atom. The second-order valence-electron chi connectivity index (χ2n) is 4.57. The second-order valence-corrected chi connectivity index (χ2v) is 5.40. The molecule has 0 fully saturated rings. The fraction of sp³-hybridized carbons (Fsp3) is 0.231. The molecule has 0 aliphatic carbocycles. The van der Waals surface area contributed by atoms with Gasteiger partial charge in [0.15, 0.2) is 0 Å². The third kappa shape index (κ3) is 4.06. The van der Waals surface area contributed by atoms with Gasteiger partial charge in [0.1, 0.15) is 17.4 Å². The van der Waals surface area contributed by atoms with Crippen molar-refractivity contribution in [1.82, 2.24) is 15.1 Å². The molecule has 0 aliphatic rings. The quantitative estimate of drug-likeness (QED) is 0.818. The van der Waals surface area contributed by atoms with E-state index in [1.54, 1.807) is 13.1 Å². The van der Waals surface area contributed by atoms with Crippen molar-refractivity contribution in [2.75, 3.05) is 18.9 Å². The Morgan fingerprint density at radius 3 is 2.86 bits per heavy atom. The van der Waals surface area contributed by atoms with Crippen LogP contribution in [0, 0.1) is 5.82 Å². The molecule has 0 radical (unpaired) electrons. The number of nitrogens with zero attached hydrogens (tertiary/aromatic N) is 3. The van der Waals surface area contributed by atoms with Gasteiger partial charge >= 0.3 is 0 Å². The van der Waals surface area contributed by atoms with Gasteiger partial charge in [-0.3, -0.25) is 19.8 Å². The Bertz CT molecular complexity index is 664. The van der Waals surface area contributed by atoms with Gasteiger partial charge in [0, 0.05) is 0 Å². The van der Waals surface area contributed by atoms with Crippen molar-refractivity contribution in [3.05, 3.63) is 41.2 Å². The van der Waals surface area contributed by atoms with Gasteiger partial charge in [-0.25, -0.2) is 4.39 Å². The monoisotopic (exact) mass is 323 g/mol. The summed E-state index contributed by atoms with van der Waals surface area (Å²) in [6, 6.07) is 4.64. The minimum Gasteiger partial charge on any atom is -0.368 e. The molecule has 1 heterocycles. The summed E-state index contributed by atoms with van der Waals surface area (Å²) in [6.45, 7) is -0.107. The number of amides is 2. The average molecular weight is 323 g/mol. The molecule has 2 rings (SSSR count). The normalized spacial score (nSPS) is 12.1. The van der Waals surface area contributed by atoms with E-state index < -0.39 is 17.8 Å². The van der Waals surface area contributed by atoms with E-state index in [-0.39, 0.29) is 12.5 Å². The van der Waals surface area contributed by atoms with E-state index in [0.717, 1.165) is 0 Å². The Kier molecular flexibility index (Phi) is 5.12. The summed E-state index contributed by atoms with van der Waals surface area (Å²) in [4.78, 5) is 25.0. The summed E-state index contributed by atoms with van der Waals surface area (Å²) in [5.41, 5.74) is 7.25. The summed E-state index contributed by atoms with van der Waals surface area (Å²) < 4.78 is 13.3. The van der Waals surface area contributed by atoms with Crippen LogP contribution in [0.4, 0.5) is 9.52 Å². The van der Waals surface area contributed by atoms with Crippen molar-refractivity contribution in [1.29, 1.82) is 0 Å². The molecule has 0 aliphatic heterocycles. The number of rotatable bonds is 6. The fourth-order valence-electron chi connectivity index (χ4n) is 2.02. The lowest BCUT2D eigenvalue weighted by molar-refractivity contribution is -0.124. The van der Waals surface area contributed by atoms with Gasteiger partial charge in [-0.15, -0.1) is 10.2 Å². The number of carbonyl (C=O) groups excluding carboxylic acids is 2. The van der Waals surface area contributed by atoms with Crippen molar-refractivity contribution < 1.29 is 14.0 Å². The Morgan fingerprint density at radius 2 is 2.27 bits per heavy atom. The van der Waals surface area contributed by atoms with E-state index in [1.807, 2.05) is 0 Å². The smallest absolute Gasteiger partial charge is 0.240 e. The number of hydrogen-bond acceptors (Lipinski definition) is 6. The molecule has 116 valence electrons. The van der Waals surface area contributed by atoms with Gasteiger partial charge in [-0.1, -0.05) is 23.5 Å². The highest BCUT2D eigenvalue weighted by Crippen LogP contribution is 2.20. The van der Waals surface area contributed by atoms with Crippen molar-refractivity contribution in [3.63, 3.8) is 0 Å². The van der Waals surface area contributed by atoms with Gasteiger partial charge < -0.3 is 5.73 Å². The van der Waals surface area contributed by atoms with Gasteiger partial charge in [-0.2, -0.15) is 0 Å². The van der Waals surface area contributed by atoms with Crippen LogP contribution in [0.25, 0.3) is 0 Å². The minimum atomic E-state index is -0.907. The van der Waals surface area contributed by atoms with Crippen LogP contribution in [0.3, 0.4) is 0 Å². The number of halogens is 1. The molecule has 3 N–H and O–H groups in total. The molecule has 1 aromatic heterocycles. The molecule has 2 aromatic rings. The third-order valence-electron chi connectivity index (χ3n) is 2.87. The first-order valence-corrected chi connectivity index (χ1v) is 7.16. The number of primary amides is 1. The van der Waals surface area contributed by atoms with Crippen LogP contribution >= 0.6 is 11.3 Å². The first-order chi connectivity index (χ1) is 10.5. The summed E-state index contributed by atoms with van der Waals surface area (Å²) in [6.07, 6.45) is 0. The third-order valence-corrected chi connectivity index (χ3v) is 3.48. The first kappa shape index (κ1) is 16.0. The van der Waals surface area contributed by atoms with Crippen molar-refractivity contribution in [3.8, 4) is 0 Å². The van der Waals surface area contributed by atoms with Crippen LogP contribution in [-0.4, -0.2) is 40.5 Å². The first-order valence-electron chi connectivity index (χ1n) is 6.28. The van der Waals surface area contributed by atoms with Gasteiger partial charge in [0.2, 0.25) is 16.9 Å². The van der Waals surface area contributed by atoms with E-state index in [4.69, 9.17) is 5.73 Å². The number of aromatic nitrogens is 2. The lowest BCUT2D eigenvalue weighted by Gasteiger charge is -2.25. The maximum Gasteiger partial charge on any atom is 0.240 e. The maximum absolute atomic E-state index is 13.3. The van der Waals surface area contributed by atoms with E-state index in [2.05, 4.69) is 15.5 Å². The fourth-order valence-corrected chi connectivity index (χ4v) is 2.48. The second kappa shape index (κ2) is 7.05. The molecular formula is C13H14FN5O2S. The van der Waals surface area contributed by atoms with Crippen molar-refractivity contribution >= 4 is 28.3 Å². The average Bonchev–Trinajstić information content (AvgIpc) is 2.90. The summed E-state index contributed by atoms with van der Waals surface area (Å²) in [5, 5.41) is 10.2. The number of hydrogen-bond donors (Lipinski definition) is 2. The van der Waals surface area contributed by atoms with E-state index in [9.17, 15) is 14.0 Å². The molecule has 0 saturated carbocycles. The number of benzene rings is 1. The minimum absolute atomic E-state index is 0.107. The lowest BCUT2D eigenvalue weighted by atomic mass is 10.0. The number of carbonyl (C=O) groups is 2. The van der Waals surface area contributed by atoms with Gasteiger partial charge in [-0.05, 0) is 24.7 Å². The number of nitrogens with one attached hydrogen (secondary N) is 1. The van der Waals surface area contributed by atoms with Crippen LogP contribution in [0.1, 0.15) is 11.6 Å². The molecule has 0 spiro atoms. The molecule has 2 amide bonds. The van der Waals surface area contributed by atoms with E-state index >= 15 is 0 Å². The zero-order valence-electron chi connectivity index (χ0n) is 11.7. The zero-order valence-corrected chi connectivity index (χ0v) is 12.5. The number of likely N-dealkylation sites (N-methyl/N-ethyl adjacent to an activating group) is 1. The summed E-state index contributed by atoms with van der Waals surface area (Å²) in [7, 11) is 1.56. The van der Waals surface area contributed by atoms with Gasteiger partial charge in [0.25, 0.3) is 0 Å². The van der Waals surface area contributed by atoms with Crippen LogP contribution in [0.15, 0.2) is 29.8 Å². The largest absolute Gasteiger partial charge is 0.368 e. The Balaban J connectivity index is 2.08. The maximum atomic E-state index is 13.3. The number of nitrogens with two attached hydrogens (primary N) is 1. The number of anilines is 1. The van der Waals surface area contributed by atoms with Crippen LogP contribution in [0.2, 0.25) is 0 Å². The molecule has 9 heteroatoms. The standard InChI is InChI=1S/C13H14FN5O2S/c1-19(6-10(20)17-13-18-16-7-22-13)11(12(15)21)8-3-2-4-9(14)5-8/h2-5,7,11H,6H2,1H3,(H2,15,21)(H,17,18,20)/t11-/m1/s1. The predicted octanol–water partition coefficient (Wildman–Crippen LogP) is 0.774. The van der Waals surface area contributed by atoms with Crippen LogP contribution < -0.4 is 11.1 Å². The SMILES string of the molecule is CN(CC(=O)Nc1nncs1)[C@@H](C(N)=O)c1cccc(F)c1. The Hall–Kier alpha value is -2.39.